The third kappa shape index (κ3) is 1.79. The van der Waals surface area contributed by atoms with Gasteiger partial charge in [0.05, 0.1) is 22.9 Å². The topological polar surface area (TPSA) is 23.6 Å². The molecule has 0 bridgehead atoms. The van der Waals surface area contributed by atoms with Crippen LogP contribution in [0.2, 0.25) is 5.02 Å². The Bertz CT molecular complexity index is 381. The van der Waals surface area contributed by atoms with Gasteiger partial charge in [-0.1, -0.05) is 17.7 Å². The number of likely N-dealkylation sites (N-methyl/N-ethyl adjacent to an activating group) is 1. The Balaban J connectivity index is 2.46. The molecule has 0 aliphatic carbocycles. The van der Waals surface area contributed by atoms with Crippen molar-refractivity contribution in [3.8, 4) is 0 Å². The van der Waals surface area contributed by atoms with Crippen molar-refractivity contribution in [1.29, 1.82) is 0 Å². The summed E-state index contributed by atoms with van der Waals surface area (Å²) in [5.74, 6) is 0. The van der Waals surface area contributed by atoms with Crippen molar-refractivity contribution in [2.45, 2.75) is 0 Å². The number of carbonyl (C=O) groups is 1. The second-order valence-corrected chi connectivity index (χ2v) is 4.05. The summed E-state index contributed by atoms with van der Waals surface area (Å²) < 4.78 is 0. The molecule has 0 radical (unpaired) electrons. The van der Waals surface area contributed by atoms with Gasteiger partial charge >= 0.3 is 0 Å². The number of rotatable bonds is 2. The van der Waals surface area contributed by atoms with E-state index in [-0.39, 0.29) is 0 Å². The highest BCUT2D eigenvalue weighted by atomic mass is 35.5. The predicted molar refractivity (Wildman–Crippen MR) is 63.0 cm³/mol. The van der Waals surface area contributed by atoms with E-state index in [1.807, 2.05) is 30.1 Å². The molecule has 1 heterocycles. The molecule has 0 N–H and O–H groups in total. The maximum absolute atomic E-state index is 10.6. The lowest BCUT2D eigenvalue weighted by molar-refractivity contribution is -0.106. The smallest absolute Gasteiger partial charge is 0.139 e. The van der Waals surface area contributed by atoms with E-state index >= 15 is 0 Å². The molecular formula is C11H13ClN2O. The second-order valence-electron chi connectivity index (χ2n) is 3.64. The van der Waals surface area contributed by atoms with Crippen LogP contribution in [0.4, 0.5) is 11.4 Å². The van der Waals surface area contributed by atoms with E-state index in [2.05, 4.69) is 4.90 Å². The first-order valence-electron chi connectivity index (χ1n) is 4.92. The normalized spacial score (nSPS) is 15.1. The lowest BCUT2D eigenvalue weighted by Gasteiger charge is -2.36. The number of para-hydroxylation sites is 1. The molecule has 0 atom stereocenters. The number of hydrogen-bond acceptors (Lipinski definition) is 3. The van der Waals surface area contributed by atoms with E-state index in [1.54, 1.807) is 0 Å². The Labute approximate surface area is 94.2 Å². The van der Waals surface area contributed by atoms with Gasteiger partial charge in [-0.25, -0.2) is 0 Å². The van der Waals surface area contributed by atoms with Crippen molar-refractivity contribution in [2.75, 3.05) is 36.5 Å². The molecule has 0 spiro atoms. The highest BCUT2D eigenvalue weighted by Crippen LogP contribution is 2.37. The van der Waals surface area contributed by atoms with E-state index in [0.717, 1.165) is 30.8 Å². The molecule has 0 unspecified atom stereocenters. The lowest BCUT2D eigenvalue weighted by atomic mass is 10.2. The molecule has 1 aliphatic heterocycles. The minimum absolute atomic E-state index is 0.407. The number of fused-ring (bicyclic) bond motifs is 1. The minimum atomic E-state index is 0.407. The quantitative estimate of drug-likeness (QED) is 0.716. The number of nitrogens with zero attached hydrogens (tertiary/aromatic N) is 2. The van der Waals surface area contributed by atoms with Crippen LogP contribution in [0.15, 0.2) is 18.2 Å². The van der Waals surface area contributed by atoms with Crippen LogP contribution < -0.4 is 9.80 Å². The average molecular weight is 225 g/mol. The van der Waals surface area contributed by atoms with Crippen LogP contribution in [-0.4, -0.2) is 33.0 Å². The zero-order chi connectivity index (χ0) is 10.8. The van der Waals surface area contributed by atoms with Crippen LogP contribution in [0, 0.1) is 0 Å². The van der Waals surface area contributed by atoms with E-state index < -0.39 is 0 Å². The van der Waals surface area contributed by atoms with E-state index in [0.29, 0.717) is 11.6 Å². The van der Waals surface area contributed by atoms with E-state index in [9.17, 15) is 4.79 Å². The summed E-state index contributed by atoms with van der Waals surface area (Å²) in [6, 6.07) is 5.82. The monoisotopic (exact) mass is 224 g/mol. The van der Waals surface area contributed by atoms with Crippen LogP contribution in [-0.2, 0) is 4.79 Å². The number of halogens is 1. The van der Waals surface area contributed by atoms with E-state index in [4.69, 9.17) is 11.6 Å². The Morgan fingerprint density at radius 1 is 1.47 bits per heavy atom. The molecule has 0 saturated carbocycles. The first-order valence-corrected chi connectivity index (χ1v) is 5.30. The number of aldehydes is 1. The summed E-state index contributed by atoms with van der Waals surface area (Å²) >= 11 is 6.15. The molecule has 15 heavy (non-hydrogen) atoms. The SMILES string of the molecule is CN1CCN(CC=O)c2c(Cl)cccc21. The minimum Gasteiger partial charge on any atom is -0.371 e. The fraction of sp³-hybridized carbons (Fsp3) is 0.364. The standard InChI is InChI=1S/C11H13ClN2O/c1-13-5-6-14(7-8-15)11-9(12)3-2-4-10(11)13/h2-4,8H,5-7H2,1H3. The first-order chi connectivity index (χ1) is 7.24. The van der Waals surface area contributed by atoms with Gasteiger partial charge in [0.2, 0.25) is 0 Å². The molecule has 80 valence electrons. The van der Waals surface area contributed by atoms with Crippen molar-refractivity contribution in [2.24, 2.45) is 0 Å². The fourth-order valence-corrected chi connectivity index (χ4v) is 2.19. The summed E-state index contributed by atoms with van der Waals surface area (Å²) in [7, 11) is 2.04. The molecule has 3 nitrogen and oxygen atoms in total. The van der Waals surface area contributed by atoms with Gasteiger partial charge in [-0.2, -0.15) is 0 Å². The van der Waals surface area contributed by atoms with Gasteiger partial charge in [-0.3, -0.25) is 0 Å². The van der Waals surface area contributed by atoms with Gasteiger partial charge in [-0.05, 0) is 12.1 Å². The molecule has 0 aromatic heterocycles. The van der Waals surface area contributed by atoms with Crippen molar-refractivity contribution in [1.82, 2.24) is 0 Å². The summed E-state index contributed by atoms with van der Waals surface area (Å²) in [6.07, 6.45) is 0.915. The Morgan fingerprint density at radius 3 is 3.00 bits per heavy atom. The molecule has 0 amide bonds. The maximum atomic E-state index is 10.6. The van der Waals surface area contributed by atoms with Crippen molar-refractivity contribution in [3.63, 3.8) is 0 Å². The summed E-state index contributed by atoms with van der Waals surface area (Å²) in [4.78, 5) is 14.8. The van der Waals surface area contributed by atoms with Gasteiger partial charge in [0, 0.05) is 20.1 Å². The average Bonchev–Trinajstić information content (AvgIpc) is 2.23. The number of benzene rings is 1. The van der Waals surface area contributed by atoms with Gasteiger partial charge in [-0.15, -0.1) is 0 Å². The first kappa shape index (κ1) is 10.3. The molecule has 0 fully saturated rings. The Kier molecular flexibility index (Phi) is 2.82. The highest BCUT2D eigenvalue weighted by molar-refractivity contribution is 6.34. The van der Waals surface area contributed by atoms with Gasteiger partial charge in [0.1, 0.15) is 6.29 Å². The Morgan fingerprint density at radius 2 is 2.27 bits per heavy atom. The number of hydrogen-bond donors (Lipinski definition) is 0. The van der Waals surface area contributed by atoms with Crippen LogP contribution in [0.1, 0.15) is 0 Å². The summed E-state index contributed by atoms with van der Waals surface area (Å²) in [5.41, 5.74) is 2.07. The van der Waals surface area contributed by atoms with Crippen LogP contribution in [0.3, 0.4) is 0 Å². The highest BCUT2D eigenvalue weighted by Gasteiger charge is 2.21. The van der Waals surface area contributed by atoms with Gasteiger partial charge < -0.3 is 14.6 Å². The zero-order valence-corrected chi connectivity index (χ0v) is 9.37. The number of anilines is 2. The molecule has 1 aromatic carbocycles. The van der Waals surface area contributed by atoms with E-state index in [1.165, 1.54) is 0 Å². The summed E-state index contributed by atoms with van der Waals surface area (Å²) in [6.45, 7) is 2.16. The molecule has 0 saturated heterocycles. The van der Waals surface area contributed by atoms with Crippen molar-refractivity contribution in [3.05, 3.63) is 23.2 Å². The molecule has 4 heteroatoms. The lowest BCUT2D eigenvalue weighted by Crippen LogP contribution is -2.40. The van der Waals surface area contributed by atoms with Gasteiger partial charge in [0.25, 0.3) is 0 Å². The maximum Gasteiger partial charge on any atom is 0.139 e. The molecule has 2 rings (SSSR count). The zero-order valence-electron chi connectivity index (χ0n) is 8.61. The number of carbonyl (C=O) groups excluding carboxylic acids is 1. The Hall–Kier alpha value is -1.22. The van der Waals surface area contributed by atoms with Crippen LogP contribution in [0.5, 0.6) is 0 Å². The third-order valence-electron chi connectivity index (χ3n) is 2.69. The van der Waals surface area contributed by atoms with Crippen molar-refractivity contribution < 1.29 is 4.79 Å². The third-order valence-corrected chi connectivity index (χ3v) is 3.00. The molecular weight excluding hydrogens is 212 g/mol. The largest absolute Gasteiger partial charge is 0.371 e. The molecule has 1 aliphatic rings. The fourth-order valence-electron chi connectivity index (χ4n) is 1.90. The van der Waals surface area contributed by atoms with Crippen LogP contribution >= 0.6 is 11.6 Å². The predicted octanol–water partition coefficient (Wildman–Crippen LogP) is 1.80. The summed E-state index contributed by atoms with van der Waals surface area (Å²) in [5, 5.41) is 0.709. The van der Waals surface area contributed by atoms with Crippen LogP contribution in [0.25, 0.3) is 0 Å². The second kappa shape index (κ2) is 4.11. The van der Waals surface area contributed by atoms with Gasteiger partial charge in [0.15, 0.2) is 0 Å². The van der Waals surface area contributed by atoms with Crippen molar-refractivity contribution >= 4 is 29.3 Å². The molecule has 1 aromatic rings.